The number of H-pyrrole nitrogens is 1. The predicted molar refractivity (Wildman–Crippen MR) is 109 cm³/mol. The fourth-order valence-corrected chi connectivity index (χ4v) is 3.79. The first-order valence-electron chi connectivity index (χ1n) is 9.07. The van der Waals surface area contributed by atoms with Crippen LogP contribution in [0.1, 0.15) is 56.7 Å². The molecular formula is C19H23N3O6S. The molecule has 9 nitrogen and oxygen atoms in total. The Morgan fingerprint density at radius 1 is 1.17 bits per heavy atom. The number of nitrogen functional groups attached to an aromatic ring is 1. The van der Waals surface area contributed by atoms with Gasteiger partial charge >= 0.3 is 11.7 Å². The van der Waals surface area contributed by atoms with Gasteiger partial charge in [-0.05, 0) is 26.3 Å². The van der Waals surface area contributed by atoms with E-state index >= 15 is 0 Å². The zero-order valence-corrected chi connectivity index (χ0v) is 17.3. The maximum absolute atomic E-state index is 12.3. The number of carbonyl (C=O) groups is 3. The summed E-state index contributed by atoms with van der Waals surface area (Å²) in [6.45, 7) is 5.06. The highest BCUT2D eigenvalue weighted by atomic mass is 32.1. The number of hydrogen-bond acceptors (Lipinski definition) is 8. The molecule has 0 aromatic carbocycles. The highest BCUT2D eigenvalue weighted by molar-refractivity contribution is 7.12. The largest absolute Gasteiger partial charge is 0.457 e. The van der Waals surface area contributed by atoms with Gasteiger partial charge in [0.2, 0.25) is 5.78 Å². The van der Waals surface area contributed by atoms with Crippen LogP contribution in [0.3, 0.4) is 0 Å². The molecule has 0 spiro atoms. The molecule has 2 aromatic rings. The van der Waals surface area contributed by atoms with Crippen molar-refractivity contribution in [1.29, 1.82) is 0 Å². The summed E-state index contributed by atoms with van der Waals surface area (Å²) in [4.78, 5) is 64.1. The van der Waals surface area contributed by atoms with Gasteiger partial charge in [-0.1, -0.05) is 6.92 Å². The molecule has 29 heavy (non-hydrogen) atoms. The minimum atomic E-state index is -0.931. The second kappa shape index (κ2) is 9.46. The van der Waals surface area contributed by atoms with Crippen LogP contribution in [0, 0.1) is 13.8 Å². The third kappa shape index (κ3) is 5.29. The summed E-state index contributed by atoms with van der Waals surface area (Å²) in [5, 5.41) is 0. The van der Waals surface area contributed by atoms with E-state index in [9.17, 15) is 24.0 Å². The number of ether oxygens (including phenoxy) is 1. The number of hydrogen-bond donors (Lipinski definition) is 2. The van der Waals surface area contributed by atoms with Gasteiger partial charge in [-0.25, -0.2) is 4.79 Å². The van der Waals surface area contributed by atoms with Gasteiger partial charge in [-0.3, -0.25) is 28.7 Å². The number of aryl methyl sites for hydroxylation is 2. The summed E-state index contributed by atoms with van der Waals surface area (Å²) in [7, 11) is 0. The van der Waals surface area contributed by atoms with Crippen molar-refractivity contribution in [1.82, 2.24) is 9.55 Å². The molecule has 156 valence electrons. The molecule has 0 saturated heterocycles. The number of aromatic amines is 1. The number of rotatable bonds is 9. The zero-order valence-electron chi connectivity index (χ0n) is 16.5. The topological polar surface area (TPSA) is 141 Å². The fourth-order valence-electron chi connectivity index (χ4n) is 2.85. The number of Topliss-reactive ketones (excluding diaryl/α,β-unsaturated/α-hetero) is 2. The normalized spacial score (nSPS) is 10.7. The number of ketones is 2. The highest BCUT2D eigenvalue weighted by Gasteiger charge is 2.21. The molecule has 0 aliphatic carbocycles. The van der Waals surface area contributed by atoms with Gasteiger partial charge in [0.25, 0.3) is 5.56 Å². The average molecular weight is 421 g/mol. The summed E-state index contributed by atoms with van der Waals surface area (Å²) < 4.78 is 5.97. The molecule has 0 fully saturated rings. The van der Waals surface area contributed by atoms with Crippen LogP contribution in [-0.2, 0) is 16.1 Å². The van der Waals surface area contributed by atoms with E-state index in [1.165, 1.54) is 11.3 Å². The van der Waals surface area contributed by atoms with Crippen molar-refractivity contribution in [3.05, 3.63) is 47.8 Å². The van der Waals surface area contributed by atoms with Crippen LogP contribution >= 0.6 is 11.3 Å². The lowest BCUT2D eigenvalue weighted by molar-refractivity contribution is -0.142. The molecular weight excluding hydrogens is 398 g/mol. The molecule has 0 aliphatic rings. The number of aromatic nitrogens is 2. The summed E-state index contributed by atoms with van der Waals surface area (Å²) in [6.07, 6.45) is 0.325. The van der Waals surface area contributed by atoms with Crippen LogP contribution in [-0.4, -0.2) is 33.7 Å². The third-order valence-corrected chi connectivity index (χ3v) is 5.19. The Morgan fingerprint density at radius 3 is 2.45 bits per heavy atom. The van der Waals surface area contributed by atoms with Gasteiger partial charge < -0.3 is 10.5 Å². The van der Waals surface area contributed by atoms with E-state index in [-0.39, 0.29) is 31.0 Å². The Bertz CT molecular complexity index is 1060. The predicted octanol–water partition coefficient (Wildman–Crippen LogP) is 1.60. The lowest BCUT2D eigenvalue weighted by atomic mass is 10.1. The number of nitrogens with two attached hydrogens (primary N) is 1. The van der Waals surface area contributed by atoms with Crippen molar-refractivity contribution in [2.24, 2.45) is 0 Å². The average Bonchev–Trinajstić information content (AvgIpc) is 2.99. The molecule has 10 heteroatoms. The van der Waals surface area contributed by atoms with E-state index in [1.54, 1.807) is 13.0 Å². The number of thiophene rings is 1. The summed E-state index contributed by atoms with van der Waals surface area (Å²) in [5.41, 5.74) is 4.31. The quantitative estimate of drug-likeness (QED) is 0.462. The van der Waals surface area contributed by atoms with Crippen LogP contribution in [0.15, 0.2) is 15.7 Å². The van der Waals surface area contributed by atoms with Gasteiger partial charge in [0.05, 0.1) is 6.42 Å². The van der Waals surface area contributed by atoms with Gasteiger partial charge in [0, 0.05) is 28.3 Å². The van der Waals surface area contributed by atoms with E-state index in [1.807, 2.05) is 18.8 Å². The SMILES string of the molecule is CCCn1c(N)c(C(=O)COC(=O)CCC(=O)c2cc(C)sc2C)c(=O)[nH]c1=O. The van der Waals surface area contributed by atoms with E-state index in [4.69, 9.17) is 10.5 Å². The molecule has 0 unspecified atom stereocenters. The molecule has 0 atom stereocenters. The van der Waals surface area contributed by atoms with Crippen molar-refractivity contribution in [3.63, 3.8) is 0 Å². The number of carbonyl (C=O) groups excluding carboxylic acids is 3. The van der Waals surface area contributed by atoms with Crippen molar-refractivity contribution in [2.45, 2.75) is 46.6 Å². The Balaban J connectivity index is 1.99. The Kier molecular flexibility index (Phi) is 7.27. The van der Waals surface area contributed by atoms with Crippen LogP contribution in [0.5, 0.6) is 0 Å². The monoisotopic (exact) mass is 421 g/mol. The number of nitrogens with zero attached hydrogens (tertiary/aromatic N) is 1. The summed E-state index contributed by atoms with van der Waals surface area (Å²) in [6, 6.07) is 1.78. The van der Waals surface area contributed by atoms with E-state index in [0.717, 1.165) is 14.3 Å². The summed E-state index contributed by atoms with van der Waals surface area (Å²) in [5.74, 6) is -2.01. The van der Waals surface area contributed by atoms with Gasteiger partial charge in [0.15, 0.2) is 12.4 Å². The third-order valence-electron chi connectivity index (χ3n) is 4.23. The van der Waals surface area contributed by atoms with Crippen molar-refractivity contribution < 1.29 is 19.1 Å². The van der Waals surface area contributed by atoms with Crippen LogP contribution in [0.2, 0.25) is 0 Å². The fraction of sp³-hybridized carbons (Fsp3) is 0.421. The summed E-state index contributed by atoms with van der Waals surface area (Å²) >= 11 is 1.50. The van der Waals surface area contributed by atoms with E-state index < -0.39 is 35.2 Å². The first kappa shape index (κ1) is 22.3. The lowest BCUT2D eigenvalue weighted by Crippen LogP contribution is -2.37. The molecule has 3 N–H and O–H groups in total. The Morgan fingerprint density at radius 2 is 1.86 bits per heavy atom. The minimum Gasteiger partial charge on any atom is -0.457 e. The highest BCUT2D eigenvalue weighted by Crippen LogP contribution is 2.22. The Hall–Kier alpha value is -3.01. The molecule has 0 bridgehead atoms. The molecule has 2 aromatic heterocycles. The van der Waals surface area contributed by atoms with Crippen molar-refractivity contribution in [3.8, 4) is 0 Å². The standard InChI is InChI=1S/C19H23N3O6S/c1-4-7-22-17(20)16(18(26)21-19(22)27)14(24)9-28-15(25)6-5-13(23)12-8-10(2)29-11(12)3/h8H,4-7,9,20H2,1-3H3,(H,21,26,27). The second-order valence-electron chi connectivity index (χ2n) is 6.51. The van der Waals surface area contributed by atoms with Gasteiger partial charge in [0.1, 0.15) is 11.4 Å². The first-order valence-corrected chi connectivity index (χ1v) is 9.89. The molecule has 0 saturated carbocycles. The van der Waals surface area contributed by atoms with Crippen LogP contribution < -0.4 is 17.0 Å². The molecule has 0 amide bonds. The smallest absolute Gasteiger partial charge is 0.329 e. The van der Waals surface area contributed by atoms with Crippen LogP contribution in [0.25, 0.3) is 0 Å². The maximum atomic E-state index is 12.3. The van der Waals surface area contributed by atoms with E-state index in [0.29, 0.717) is 12.0 Å². The van der Waals surface area contributed by atoms with Crippen molar-refractivity contribution >= 4 is 34.7 Å². The molecule has 0 aliphatic heterocycles. The number of nitrogens with one attached hydrogen (secondary N) is 1. The zero-order chi connectivity index (χ0) is 21.7. The first-order chi connectivity index (χ1) is 13.6. The molecule has 2 heterocycles. The molecule has 0 radical (unpaired) electrons. The minimum absolute atomic E-state index is 0.0475. The second-order valence-corrected chi connectivity index (χ2v) is 7.97. The van der Waals surface area contributed by atoms with Crippen molar-refractivity contribution in [2.75, 3.05) is 12.3 Å². The Labute approximate surface area is 170 Å². The number of esters is 1. The number of anilines is 1. The van der Waals surface area contributed by atoms with Gasteiger partial charge in [-0.2, -0.15) is 0 Å². The lowest BCUT2D eigenvalue weighted by Gasteiger charge is -2.11. The maximum Gasteiger partial charge on any atom is 0.329 e. The molecule has 2 rings (SSSR count). The van der Waals surface area contributed by atoms with Crippen LogP contribution in [0.4, 0.5) is 5.82 Å². The van der Waals surface area contributed by atoms with E-state index in [2.05, 4.69) is 0 Å². The van der Waals surface area contributed by atoms with Gasteiger partial charge in [-0.15, -0.1) is 11.3 Å².